The van der Waals surface area contributed by atoms with Crippen molar-refractivity contribution in [1.29, 1.82) is 0 Å². The lowest BCUT2D eigenvalue weighted by Crippen LogP contribution is -2.04. The third-order valence-corrected chi connectivity index (χ3v) is 2.30. The molecule has 0 aliphatic carbocycles. The molecule has 0 aromatic carbocycles. The fraction of sp³-hybridized carbons (Fsp3) is 0.250. The SMILES string of the molecule is CNc1cc(NCCc2ccco2)ccn1. The zero-order valence-electron chi connectivity index (χ0n) is 9.23. The van der Waals surface area contributed by atoms with Gasteiger partial charge in [0.1, 0.15) is 11.6 Å². The summed E-state index contributed by atoms with van der Waals surface area (Å²) in [5, 5.41) is 6.32. The monoisotopic (exact) mass is 217 g/mol. The number of hydrogen-bond donors (Lipinski definition) is 2. The van der Waals surface area contributed by atoms with Crippen molar-refractivity contribution in [2.75, 3.05) is 24.2 Å². The van der Waals surface area contributed by atoms with Crippen molar-refractivity contribution < 1.29 is 4.42 Å². The van der Waals surface area contributed by atoms with Crippen molar-refractivity contribution in [2.24, 2.45) is 0 Å². The standard InChI is InChI=1S/C12H15N3O/c1-13-12-9-10(4-6-15-12)14-7-5-11-3-2-8-16-11/h2-4,6,8-9H,5,7H2,1H3,(H2,13,14,15). The van der Waals surface area contributed by atoms with Crippen LogP contribution >= 0.6 is 0 Å². The second kappa shape index (κ2) is 5.21. The van der Waals surface area contributed by atoms with Crippen LogP contribution in [0.1, 0.15) is 5.76 Å². The van der Waals surface area contributed by atoms with Crippen LogP contribution in [0, 0.1) is 0 Å². The van der Waals surface area contributed by atoms with E-state index in [2.05, 4.69) is 15.6 Å². The molecule has 0 bridgehead atoms. The van der Waals surface area contributed by atoms with Gasteiger partial charge >= 0.3 is 0 Å². The Morgan fingerprint density at radius 3 is 3.06 bits per heavy atom. The fourth-order valence-electron chi connectivity index (χ4n) is 1.46. The van der Waals surface area contributed by atoms with Crippen LogP contribution in [0.2, 0.25) is 0 Å². The molecule has 2 aromatic rings. The van der Waals surface area contributed by atoms with E-state index < -0.39 is 0 Å². The first-order chi connectivity index (χ1) is 7.88. The molecule has 0 aliphatic rings. The van der Waals surface area contributed by atoms with Crippen LogP contribution in [0.25, 0.3) is 0 Å². The van der Waals surface area contributed by atoms with Crippen molar-refractivity contribution in [3.8, 4) is 0 Å². The zero-order chi connectivity index (χ0) is 11.2. The summed E-state index contributed by atoms with van der Waals surface area (Å²) in [4.78, 5) is 4.15. The average Bonchev–Trinajstić information content (AvgIpc) is 2.82. The third-order valence-electron chi connectivity index (χ3n) is 2.30. The van der Waals surface area contributed by atoms with Gasteiger partial charge in [-0.1, -0.05) is 0 Å². The summed E-state index contributed by atoms with van der Waals surface area (Å²) in [7, 11) is 1.86. The molecular formula is C12H15N3O. The van der Waals surface area contributed by atoms with Gasteiger partial charge in [-0.15, -0.1) is 0 Å². The van der Waals surface area contributed by atoms with E-state index in [-0.39, 0.29) is 0 Å². The molecule has 0 unspecified atom stereocenters. The van der Waals surface area contributed by atoms with E-state index in [1.54, 1.807) is 12.5 Å². The van der Waals surface area contributed by atoms with Gasteiger partial charge < -0.3 is 15.1 Å². The number of rotatable bonds is 5. The predicted octanol–water partition coefficient (Wildman–Crippen LogP) is 2.37. The van der Waals surface area contributed by atoms with E-state index in [4.69, 9.17) is 4.42 Å². The van der Waals surface area contributed by atoms with Gasteiger partial charge in [0.2, 0.25) is 0 Å². The molecule has 16 heavy (non-hydrogen) atoms. The lowest BCUT2D eigenvalue weighted by molar-refractivity contribution is 0.513. The minimum Gasteiger partial charge on any atom is -0.469 e. The van der Waals surface area contributed by atoms with Crippen LogP contribution in [-0.2, 0) is 6.42 Å². The summed E-state index contributed by atoms with van der Waals surface area (Å²) in [6.07, 6.45) is 4.35. The number of furan rings is 1. The maximum atomic E-state index is 5.25. The predicted molar refractivity (Wildman–Crippen MR) is 64.7 cm³/mol. The van der Waals surface area contributed by atoms with Gasteiger partial charge in [0.05, 0.1) is 6.26 Å². The Morgan fingerprint density at radius 1 is 1.38 bits per heavy atom. The van der Waals surface area contributed by atoms with Gasteiger partial charge in [0, 0.05) is 38.0 Å². The molecule has 0 saturated carbocycles. The Hall–Kier alpha value is -1.97. The Labute approximate surface area is 94.7 Å². The lowest BCUT2D eigenvalue weighted by Gasteiger charge is -2.06. The quantitative estimate of drug-likeness (QED) is 0.807. The summed E-state index contributed by atoms with van der Waals surface area (Å²) < 4.78 is 5.25. The van der Waals surface area contributed by atoms with Crippen molar-refractivity contribution in [2.45, 2.75) is 6.42 Å². The molecule has 0 saturated heterocycles. The van der Waals surface area contributed by atoms with Crippen LogP contribution in [-0.4, -0.2) is 18.6 Å². The number of hydrogen-bond acceptors (Lipinski definition) is 4. The second-order valence-corrected chi connectivity index (χ2v) is 3.44. The zero-order valence-corrected chi connectivity index (χ0v) is 9.23. The Morgan fingerprint density at radius 2 is 2.31 bits per heavy atom. The molecule has 4 nitrogen and oxygen atoms in total. The molecule has 2 rings (SSSR count). The van der Waals surface area contributed by atoms with Gasteiger partial charge in [-0.3, -0.25) is 0 Å². The van der Waals surface area contributed by atoms with E-state index in [1.165, 1.54) is 0 Å². The molecule has 2 aromatic heterocycles. The van der Waals surface area contributed by atoms with Crippen LogP contribution in [0.15, 0.2) is 41.1 Å². The summed E-state index contributed by atoms with van der Waals surface area (Å²) in [6.45, 7) is 0.848. The highest BCUT2D eigenvalue weighted by molar-refractivity contribution is 5.51. The average molecular weight is 217 g/mol. The molecule has 0 amide bonds. The van der Waals surface area contributed by atoms with Gasteiger partial charge in [-0.25, -0.2) is 4.98 Å². The van der Waals surface area contributed by atoms with E-state index in [0.29, 0.717) is 0 Å². The number of nitrogens with zero attached hydrogens (tertiary/aromatic N) is 1. The molecule has 0 fully saturated rings. The number of anilines is 2. The van der Waals surface area contributed by atoms with Crippen molar-refractivity contribution >= 4 is 11.5 Å². The molecule has 0 spiro atoms. The minimum absolute atomic E-state index is 0.848. The van der Waals surface area contributed by atoms with Crippen molar-refractivity contribution in [3.63, 3.8) is 0 Å². The lowest BCUT2D eigenvalue weighted by atomic mass is 10.3. The van der Waals surface area contributed by atoms with E-state index >= 15 is 0 Å². The van der Waals surface area contributed by atoms with E-state index in [1.807, 2.05) is 31.3 Å². The molecular weight excluding hydrogens is 202 g/mol. The van der Waals surface area contributed by atoms with Gasteiger partial charge in [-0.05, 0) is 18.2 Å². The fourth-order valence-corrected chi connectivity index (χ4v) is 1.46. The highest BCUT2D eigenvalue weighted by Gasteiger charge is 1.97. The summed E-state index contributed by atoms with van der Waals surface area (Å²) in [6, 6.07) is 7.80. The molecule has 84 valence electrons. The maximum absolute atomic E-state index is 5.25. The summed E-state index contributed by atoms with van der Waals surface area (Å²) in [5.41, 5.74) is 1.06. The second-order valence-electron chi connectivity index (χ2n) is 3.44. The van der Waals surface area contributed by atoms with Crippen LogP contribution in [0.5, 0.6) is 0 Å². The molecule has 2 heterocycles. The van der Waals surface area contributed by atoms with Crippen molar-refractivity contribution in [3.05, 3.63) is 42.5 Å². The van der Waals surface area contributed by atoms with E-state index in [0.717, 1.165) is 30.2 Å². The number of nitrogens with one attached hydrogen (secondary N) is 2. The van der Waals surface area contributed by atoms with Crippen LogP contribution in [0.4, 0.5) is 11.5 Å². The molecule has 0 aliphatic heterocycles. The highest BCUT2D eigenvalue weighted by Crippen LogP contribution is 2.11. The molecule has 4 heteroatoms. The largest absolute Gasteiger partial charge is 0.469 e. The number of aromatic nitrogens is 1. The highest BCUT2D eigenvalue weighted by atomic mass is 16.3. The van der Waals surface area contributed by atoms with Gasteiger partial charge in [0.25, 0.3) is 0 Å². The Bertz CT molecular complexity index is 426. The molecule has 0 atom stereocenters. The smallest absolute Gasteiger partial charge is 0.127 e. The first-order valence-electron chi connectivity index (χ1n) is 5.28. The Balaban J connectivity index is 1.85. The van der Waals surface area contributed by atoms with Crippen molar-refractivity contribution in [1.82, 2.24) is 4.98 Å². The van der Waals surface area contributed by atoms with E-state index in [9.17, 15) is 0 Å². The third kappa shape index (κ3) is 2.76. The topological polar surface area (TPSA) is 50.1 Å². The van der Waals surface area contributed by atoms with Gasteiger partial charge in [-0.2, -0.15) is 0 Å². The van der Waals surface area contributed by atoms with Crippen LogP contribution in [0.3, 0.4) is 0 Å². The first kappa shape index (κ1) is 10.5. The normalized spacial score (nSPS) is 10.1. The summed E-state index contributed by atoms with van der Waals surface area (Å²) >= 11 is 0. The molecule has 2 N–H and O–H groups in total. The maximum Gasteiger partial charge on any atom is 0.127 e. The number of pyridine rings is 1. The Kier molecular flexibility index (Phi) is 3.43. The molecule has 0 radical (unpaired) electrons. The van der Waals surface area contributed by atoms with Crippen LogP contribution < -0.4 is 10.6 Å². The summed E-state index contributed by atoms with van der Waals surface area (Å²) in [5.74, 6) is 1.86. The minimum atomic E-state index is 0.848. The van der Waals surface area contributed by atoms with Gasteiger partial charge in [0.15, 0.2) is 0 Å². The first-order valence-corrected chi connectivity index (χ1v) is 5.28.